The molecule has 0 amide bonds. The highest BCUT2D eigenvalue weighted by molar-refractivity contribution is 5.97. The van der Waals surface area contributed by atoms with Crippen LogP contribution in [0.4, 0.5) is 0 Å². The Balaban J connectivity index is 2.30. The molecule has 0 unspecified atom stereocenters. The molecule has 9 heteroatoms. The van der Waals surface area contributed by atoms with Crippen molar-refractivity contribution in [1.29, 1.82) is 0 Å². The van der Waals surface area contributed by atoms with Crippen LogP contribution in [0.5, 0.6) is 0 Å². The Morgan fingerprint density at radius 1 is 1.12 bits per heavy atom. The second-order valence-electron chi connectivity index (χ2n) is 4.84. The molecular weight excluding hydrogens is 316 g/mol. The van der Waals surface area contributed by atoms with E-state index in [1.165, 1.54) is 16.9 Å². The van der Waals surface area contributed by atoms with Gasteiger partial charge in [0.25, 0.3) is 0 Å². The lowest BCUT2D eigenvalue weighted by atomic mass is 10.2. The number of hydrogen-bond donors (Lipinski definition) is 0. The van der Waals surface area contributed by atoms with Crippen LogP contribution < -0.4 is 0 Å². The van der Waals surface area contributed by atoms with Crippen molar-refractivity contribution in [3.8, 4) is 0 Å². The van der Waals surface area contributed by atoms with E-state index in [-0.39, 0.29) is 36.9 Å². The summed E-state index contributed by atoms with van der Waals surface area (Å²) in [4.78, 5) is 36.1. The first kappa shape index (κ1) is 17.4. The van der Waals surface area contributed by atoms with E-state index in [9.17, 15) is 14.4 Å². The summed E-state index contributed by atoms with van der Waals surface area (Å²) in [5.74, 6) is -1.64. The summed E-state index contributed by atoms with van der Waals surface area (Å²) in [5, 5.41) is 7.92. The fourth-order valence-electron chi connectivity index (χ4n) is 2.00. The molecule has 0 saturated heterocycles. The Hall–Kier alpha value is -2.97. The standard InChI is InChI=1S/C15H18N4O5/c1-4-23-14(21)11-6-12(15(22)24-5-2)19(17-11)9-13(20)10-7-16-18(3)8-10/h6-8H,4-5,9H2,1-3H3. The smallest absolute Gasteiger partial charge is 0.358 e. The minimum absolute atomic E-state index is 0.0112. The minimum atomic E-state index is -0.671. The van der Waals surface area contributed by atoms with Gasteiger partial charge in [-0.15, -0.1) is 0 Å². The molecule has 0 atom stereocenters. The molecule has 128 valence electrons. The molecule has 0 bridgehead atoms. The molecule has 2 aromatic rings. The molecule has 2 heterocycles. The van der Waals surface area contributed by atoms with Gasteiger partial charge in [0.2, 0.25) is 0 Å². The monoisotopic (exact) mass is 334 g/mol. The number of carbonyl (C=O) groups excluding carboxylic acids is 3. The fraction of sp³-hybridized carbons (Fsp3) is 0.400. The van der Waals surface area contributed by atoms with Crippen molar-refractivity contribution >= 4 is 17.7 Å². The molecular formula is C15H18N4O5. The molecule has 2 aromatic heterocycles. The maximum Gasteiger partial charge on any atom is 0.358 e. The highest BCUT2D eigenvalue weighted by Gasteiger charge is 2.23. The third-order valence-corrected chi connectivity index (χ3v) is 3.07. The predicted molar refractivity (Wildman–Crippen MR) is 81.7 cm³/mol. The van der Waals surface area contributed by atoms with E-state index in [4.69, 9.17) is 9.47 Å². The van der Waals surface area contributed by atoms with E-state index in [0.29, 0.717) is 5.56 Å². The number of esters is 2. The molecule has 0 saturated carbocycles. The van der Waals surface area contributed by atoms with Crippen molar-refractivity contribution in [2.24, 2.45) is 7.05 Å². The lowest BCUT2D eigenvalue weighted by Gasteiger charge is -2.05. The minimum Gasteiger partial charge on any atom is -0.461 e. The van der Waals surface area contributed by atoms with Gasteiger partial charge in [-0.2, -0.15) is 10.2 Å². The molecule has 0 radical (unpaired) electrons. The van der Waals surface area contributed by atoms with Crippen LogP contribution in [0.3, 0.4) is 0 Å². The van der Waals surface area contributed by atoms with Gasteiger partial charge in [-0.05, 0) is 13.8 Å². The molecule has 24 heavy (non-hydrogen) atoms. The largest absolute Gasteiger partial charge is 0.461 e. The number of ketones is 1. The van der Waals surface area contributed by atoms with Crippen molar-refractivity contribution < 1.29 is 23.9 Å². The average molecular weight is 334 g/mol. The first-order valence-corrected chi connectivity index (χ1v) is 7.40. The van der Waals surface area contributed by atoms with Crippen LogP contribution in [0.25, 0.3) is 0 Å². The van der Waals surface area contributed by atoms with Gasteiger partial charge >= 0.3 is 11.9 Å². The van der Waals surface area contributed by atoms with Crippen LogP contribution in [-0.2, 0) is 23.1 Å². The number of rotatable bonds is 7. The van der Waals surface area contributed by atoms with Crippen molar-refractivity contribution in [2.45, 2.75) is 20.4 Å². The van der Waals surface area contributed by atoms with Gasteiger partial charge in [0.1, 0.15) is 12.2 Å². The average Bonchev–Trinajstić information content (AvgIpc) is 3.14. The summed E-state index contributed by atoms with van der Waals surface area (Å²) >= 11 is 0. The van der Waals surface area contributed by atoms with E-state index < -0.39 is 11.9 Å². The maximum absolute atomic E-state index is 12.3. The predicted octanol–water partition coefficient (Wildman–Crippen LogP) is 0.853. The first-order valence-electron chi connectivity index (χ1n) is 7.40. The summed E-state index contributed by atoms with van der Waals surface area (Å²) < 4.78 is 12.4. The van der Waals surface area contributed by atoms with Gasteiger partial charge in [0.15, 0.2) is 11.5 Å². The number of carbonyl (C=O) groups is 3. The molecule has 0 aliphatic rings. The number of ether oxygens (including phenoxy) is 2. The van der Waals surface area contributed by atoms with Crippen molar-refractivity contribution in [3.63, 3.8) is 0 Å². The normalized spacial score (nSPS) is 10.5. The number of hydrogen-bond acceptors (Lipinski definition) is 7. The lowest BCUT2D eigenvalue weighted by Crippen LogP contribution is -2.18. The highest BCUT2D eigenvalue weighted by atomic mass is 16.5. The summed E-state index contributed by atoms with van der Waals surface area (Å²) in [6, 6.07) is 1.26. The first-order chi connectivity index (χ1) is 11.5. The second kappa shape index (κ2) is 7.53. The summed E-state index contributed by atoms with van der Waals surface area (Å²) in [7, 11) is 1.69. The molecule has 0 aliphatic carbocycles. The SMILES string of the molecule is CCOC(=O)c1cc(C(=O)OCC)n(CC(=O)c2cnn(C)c2)n1. The van der Waals surface area contributed by atoms with Crippen molar-refractivity contribution in [2.75, 3.05) is 13.2 Å². The van der Waals surface area contributed by atoms with Gasteiger partial charge in [-0.3, -0.25) is 9.48 Å². The third-order valence-electron chi connectivity index (χ3n) is 3.07. The topological polar surface area (TPSA) is 105 Å². The van der Waals surface area contributed by atoms with E-state index in [1.54, 1.807) is 27.1 Å². The molecule has 0 aliphatic heterocycles. The molecule has 0 spiro atoms. The van der Waals surface area contributed by atoms with Crippen LogP contribution in [0.15, 0.2) is 18.5 Å². The molecule has 2 rings (SSSR count). The zero-order valence-electron chi connectivity index (χ0n) is 13.7. The second-order valence-corrected chi connectivity index (χ2v) is 4.84. The van der Waals surface area contributed by atoms with Crippen LogP contribution in [0, 0.1) is 0 Å². The molecule has 9 nitrogen and oxygen atoms in total. The van der Waals surface area contributed by atoms with Crippen LogP contribution in [-0.4, -0.2) is 50.5 Å². The van der Waals surface area contributed by atoms with E-state index >= 15 is 0 Å². The highest BCUT2D eigenvalue weighted by Crippen LogP contribution is 2.10. The maximum atomic E-state index is 12.3. The van der Waals surface area contributed by atoms with E-state index in [2.05, 4.69) is 10.2 Å². The Bertz CT molecular complexity index is 762. The number of aromatic nitrogens is 4. The Morgan fingerprint density at radius 2 is 1.79 bits per heavy atom. The van der Waals surface area contributed by atoms with Crippen LogP contribution >= 0.6 is 0 Å². The van der Waals surface area contributed by atoms with Gasteiger partial charge in [0.05, 0.1) is 25.0 Å². The Labute approximate surface area is 138 Å². The van der Waals surface area contributed by atoms with Gasteiger partial charge in [-0.25, -0.2) is 14.3 Å². The molecule has 0 N–H and O–H groups in total. The zero-order valence-corrected chi connectivity index (χ0v) is 13.7. The molecule has 0 aromatic carbocycles. The lowest BCUT2D eigenvalue weighted by molar-refractivity contribution is 0.0505. The van der Waals surface area contributed by atoms with E-state index in [1.807, 2.05) is 0 Å². The van der Waals surface area contributed by atoms with Crippen LogP contribution in [0.2, 0.25) is 0 Å². The summed E-state index contributed by atoms with van der Waals surface area (Å²) in [6.45, 7) is 3.43. The number of nitrogens with zero attached hydrogens (tertiary/aromatic N) is 4. The zero-order chi connectivity index (χ0) is 17.7. The third kappa shape index (κ3) is 3.86. The Morgan fingerprint density at radius 3 is 2.38 bits per heavy atom. The summed E-state index contributed by atoms with van der Waals surface area (Å²) in [5.41, 5.74) is 0.330. The Kier molecular flexibility index (Phi) is 5.46. The van der Waals surface area contributed by atoms with Gasteiger partial charge in [-0.1, -0.05) is 0 Å². The van der Waals surface area contributed by atoms with Gasteiger partial charge in [0, 0.05) is 19.3 Å². The quantitative estimate of drug-likeness (QED) is 0.546. The number of Topliss-reactive ketones (excluding diaryl/α,β-unsaturated/α-hetero) is 1. The van der Waals surface area contributed by atoms with Crippen LogP contribution in [0.1, 0.15) is 45.2 Å². The van der Waals surface area contributed by atoms with Crippen molar-refractivity contribution in [1.82, 2.24) is 19.6 Å². The van der Waals surface area contributed by atoms with Crippen molar-refractivity contribution in [3.05, 3.63) is 35.4 Å². The summed E-state index contributed by atoms with van der Waals surface area (Å²) in [6.07, 6.45) is 2.98. The fourth-order valence-corrected chi connectivity index (χ4v) is 2.00. The van der Waals surface area contributed by atoms with Gasteiger partial charge < -0.3 is 9.47 Å². The number of aryl methyl sites for hydroxylation is 1. The van der Waals surface area contributed by atoms with E-state index in [0.717, 1.165) is 4.68 Å². The molecule has 0 fully saturated rings.